The maximum atomic E-state index is 6.97. The van der Waals surface area contributed by atoms with E-state index >= 15 is 0 Å². The van der Waals surface area contributed by atoms with Crippen molar-refractivity contribution in [2.45, 2.75) is 64.3 Å². The summed E-state index contributed by atoms with van der Waals surface area (Å²) in [4.78, 5) is 0. The van der Waals surface area contributed by atoms with Crippen molar-refractivity contribution in [3.05, 3.63) is 35.4 Å². The first-order chi connectivity index (χ1) is 10.0. The van der Waals surface area contributed by atoms with E-state index in [1.54, 1.807) is 0 Å². The third-order valence-electron chi connectivity index (χ3n) is 6.97. The van der Waals surface area contributed by atoms with Gasteiger partial charge in [0.05, 0.1) is 0 Å². The molecule has 0 aromatic heterocycles. The second-order valence-electron chi connectivity index (χ2n) is 9.20. The van der Waals surface area contributed by atoms with Crippen LogP contribution in [0.3, 0.4) is 0 Å². The second kappa shape index (κ2) is 3.79. The Hall–Kier alpha value is -0.430. The molecule has 2 bridgehead atoms. The van der Waals surface area contributed by atoms with Gasteiger partial charge < -0.3 is 0 Å². The Bertz CT molecular complexity index is 647. The Morgan fingerprint density at radius 1 is 1.00 bits per heavy atom. The van der Waals surface area contributed by atoms with Crippen LogP contribution in [0.4, 0.5) is 0 Å². The van der Waals surface area contributed by atoms with Crippen molar-refractivity contribution >= 4 is 7.06 Å². The average Bonchev–Trinajstić information content (AvgIpc) is 2.62. The number of hydrogen-bond acceptors (Lipinski definition) is 2. The zero-order chi connectivity index (χ0) is 16.0. The summed E-state index contributed by atoms with van der Waals surface area (Å²) in [7, 11) is -2.62. The zero-order valence-corrected chi connectivity index (χ0v) is 15.7. The summed E-state index contributed by atoms with van der Waals surface area (Å²) >= 11 is 0. The molecule has 0 N–H and O–H groups in total. The van der Waals surface area contributed by atoms with E-state index in [0.717, 1.165) is 18.5 Å². The molecular formula is C19H29O2P. The van der Waals surface area contributed by atoms with Crippen LogP contribution >= 0.6 is 7.06 Å². The molecule has 3 aliphatic rings. The Morgan fingerprint density at radius 2 is 1.59 bits per heavy atom. The van der Waals surface area contributed by atoms with Crippen molar-refractivity contribution in [2.75, 3.05) is 12.3 Å². The van der Waals surface area contributed by atoms with Crippen molar-refractivity contribution in [1.29, 1.82) is 0 Å². The van der Waals surface area contributed by atoms with Gasteiger partial charge in [-0.05, 0) is 0 Å². The second-order valence-corrected chi connectivity index (χ2v) is 13.6. The molecule has 0 radical (unpaired) electrons. The van der Waals surface area contributed by atoms with Crippen LogP contribution in [-0.2, 0) is 20.6 Å². The van der Waals surface area contributed by atoms with Crippen LogP contribution in [0.2, 0.25) is 0 Å². The molecule has 2 saturated heterocycles. The average molecular weight is 320 g/mol. The van der Waals surface area contributed by atoms with Gasteiger partial charge in [-0.25, -0.2) is 0 Å². The summed E-state index contributed by atoms with van der Waals surface area (Å²) < 4.78 is 13.9. The van der Waals surface area contributed by atoms with Gasteiger partial charge in [0.2, 0.25) is 0 Å². The molecule has 2 fully saturated rings. The monoisotopic (exact) mass is 320 g/mol. The van der Waals surface area contributed by atoms with Crippen LogP contribution in [0.15, 0.2) is 24.3 Å². The van der Waals surface area contributed by atoms with E-state index in [4.69, 9.17) is 9.05 Å². The molecule has 2 atom stereocenters. The van der Waals surface area contributed by atoms with E-state index in [-0.39, 0.29) is 16.6 Å². The molecule has 0 aliphatic carbocycles. The number of benzene rings is 1. The van der Waals surface area contributed by atoms with E-state index in [9.17, 15) is 0 Å². The molecule has 2 unspecified atom stereocenters. The molecule has 2 nitrogen and oxygen atoms in total. The predicted molar refractivity (Wildman–Crippen MR) is 93.6 cm³/mol. The van der Waals surface area contributed by atoms with Crippen LogP contribution in [0.1, 0.15) is 52.7 Å². The third-order valence-corrected chi connectivity index (χ3v) is 12.6. The van der Waals surface area contributed by atoms with E-state index in [0.29, 0.717) is 5.92 Å². The fourth-order valence-electron chi connectivity index (χ4n) is 5.43. The SMILES string of the molecule is CC1CP23(Cc4ccccc4C1(C)C2)OC(C)(C)C(C)(C)O3. The van der Waals surface area contributed by atoms with Gasteiger partial charge in [0.1, 0.15) is 0 Å². The third kappa shape index (κ3) is 1.62. The van der Waals surface area contributed by atoms with Gasteiger partial charge in [0, 0.05) is 0 Å². The Balaban J connectivity index is 1.94. The summed E-state index contributed by atoms with van der Waals surface area (Å²) in [5, 5.41) is 0. The molecule has 1 spiro atoms. The standard InChI is InChI=1S/C19H29O2P/c1-14-11-22(20-17(2,3)18(4,5)21-22)12-15-9-7-8-10-16(15)19(14,6)13-22/h7-10,14H,11-13H2,1-6H3. The Kier molecular flexibility index (Phi) is 2.61. The van der Waals surface area contributed by atoms with E-state index in [1.165, 1.54) is 11.1 Å². The molecule has 3 aliphatic heterocycles. The molecule has 3 heteroatoms. The number of hydrogen-bond donors (Lipinski definition) is 0. The van der Waals surface area contributed by atoms with Crippen LogP contribution < -0.4 is 0 Å². The molecule has 1 aromatic carbocycles. The summed E-state index contributed by atoms with van der Waals surface area (Å²) in [6, 6.07) is 8.98. The first-order valence-electron chi connectivity index (χ1n) is 8.53. The van der Waals surface area contributed by atoms with E-state index < -0.39 is 7.06 Å². The molecule has 22 heavy (non-hydrogen) atoms. The molecule has 3 heterocycles. The van der Waals surface area contributed by atoms with Crippen molar-refractivity contribution in [1.82, 2.24) is 0 Å². The zero-order valence-electron chi connectivity index (χ0n) is 14.8. The van der Waals surface area contributed by atoms with Gasteiger partial charge in [-0.15, -0.1) is 0 Å². The van der Waals surface area contributed by atoms with Gasteiger partial charge in [-0.1, -0.05) is 0 Å². The molecule has 0 saturated carbocycles. The number of rotatable bonds is 0. The van der Waals surface area contributed by atoms with Gasteiger partial charge >= 0.3 is 134 Å². The summed E-state index contributed by atoms with van der Waals surface area (Å²) in [6.45, 7) is 13.7. The van der Waals surface area contributed by atoms with Gasteiger partial charge in [-0.3, -0.25) is 0 Å². The normalized spacial score (nSPS) is 40.8. The van der Waals surface area contributed by atoms with Crippen LogP contribution in [0, 0.1) is 5.92 Å². The fraction of sp³-hybridized carbons (Fsp3) is 0.684. The fourth-order valence-corrected chi connectivity index (χ4v) is 13.6. The van der Waals surface area contributed by atoms with Crippen LogP contribution in [-0.4, -0.2) is 23.5 Å². The predicted octanol–water partition coefficient (Wildman–Crippen LogP) is 5.09. The maximum absolute atomic E-state index is 6.97. The minimum absolute atomic E-state index is 0.198. The van der Waals surface area contributed by atoms with Gasteiger partial charge in [-0.2, -0.15) is 0 Å². The minimum atomic E-state index is -2.62. The van der Waals surface area contributed by atoms with Crippen molar-refractivity contribution in [2.24, 2.45) is 5.92 Å². The van der Waals surface area contributed by atoms with Crippen molar-refractivity contribution in [3.8, 4) is 0 Å². The first-order valence-corrected chi connectivity index (χ1v) is 11.2. The topological polar surface area (TPSA) is 18.5 Å². The van der Waals surface area contributed by atoms with E-state index in [1.807, 2.05) is 0 Å². The molecular weight excluding hydrogens is 291 g/mol. The first kappa shape index (κ1) is 15.1. The molecule has 1 aromatic rings. The number of fused-ring (bicyclic) bond motifs is 3. The quantitative estimate of drug-likeness (QED) is 0.620. The van der Waals surface area contributed by atoms with Gasteiger partial charge in [0.15, 0.2) is 0 Å². The summed E-state index contributed by atoms with van der Waals surface area (Å²) in [6.07, 6.45) is 3.22. The van der Waals surface area contributed by atoms with Crippen LogP contribution in [0.5, 0.6) is 0 Å². The molecule has 122 valence electrons. The Labute approximate surface area is 134 Å². The summed E-state index contributed by atoms with van der Waals surface area (Å²) in [5.74, 6) is 0.610. The Morgan fingerprint density at radius 3 is 2.23 bits per heavy atom. The van der Waals surface area contributed by atoms with Crippen molar-refractivity contribution in [3.63, 3.8) is 0 Å². The molecule has 0 amide bonds. The van der Waals surface area contributed by atoms with Crippen molar-refractivity contribution < 1.29 is 9.05 Å². The van der Waals surface area contributed by atoms with E-state index in [2.05, 4.69) is 65.8 Å². The molecule has 4 rings (SSSR count). The van der Waals surface area contributed by atoms with Crippen LogP contribution in [0.25, 0.3) is 0 Å². The van der Waals surface area contributed by atoms with Gasteiger partial charge in [0.25, 0.3) is 0 Å². The summed E-state index contributed by atoms with van der Waals surface area (Å²) in [5.41, 5.74) is 2.75.